The van der Waals surface area contributed by atoms with Crippen molar-refractivity contribution in [2.75, 3.05) is 34.4 Å². The molecule has 2 fully saturated rings. The van der Waals surface area contributed by atoms with Crippen molar-refractivity contribution in [3.8, 4) is 28.4 Å². The maximum absolute atomic E-state index is 13.2. The van der Waals surface area contributed by atoms with E-state index in [2.05, 4.69) is 27.6 Å². The number of aromatic nitrogens is 2. The lowest BCUT2D eigenvalue weighted by molar-refractivity contribution is -0.136. The van der Waals surface area contributed by atoms with E-state index in [4.69, 9.17) is 14.2 Å². The van der Waals surface area contributed by atoms with Gasteiger partial charge < -0.3 is 29.0 Å². The maximum Gasteiger partial charge on any atom is 0.262 e. The number of nitrogens with one attached hydrogen (secondary N) is 2. The van der Waals surface area contributed by atoms with Gasteiger partial charge in [0.1, 0.15) is 23.3 Å². The predicted molar refractivity (Wildman–Crippen MR) is 209 cm³/mol. The number of pyridine rings is 2. The molecule has 14 nitrogen and oxygen atoms in total. The number of ether oxygens (including phenoxy) is 3. The molecule has 3 aliphatic rings. The number of benzene rings is 2. The van der Waals surface area contributed by atoms with Gasteiger partial charge in [0.25, 0.3) is 17.4 Å². The smallest absolute Gasteiger partial charge is 0.262 e. The first kappa shape index (κ1) is 38.7. The summed E-state index contributed by atoms with van der Waals surface area (Å²) in [4.78, 5) is 70.3. The molecule has 1 saturated heterocycles. The average molecular weight is 765 g/mol. The maximum atomic E-state index is 13.2. The first-order chi connectivity index (χ1) is 27.1. The molecule has 56 heavy (non-hydrogen) atoms. The number of nitrogens with zero attached hydrogens (tertiary/aromatic N) is 4. The number of hydrogen-bond donors (Lipinski definition) is 2. The van der Waals surface area contributed by atoms with Gasteiger partial charge in [-0.05, 0) is 112 Å². The van der Waals surface area contributed by atoms with Gasteiger partial charge >= 0.3 is 0 Å². The van der Waals surface area contributed by atoms with Gasteiger partial charge in [-0.2, -0.15) is 0 Å². The predicted octanol–water partition coefficient (Wildman–Crippen LogP) is 4.21. The Balaban J connectivity index is 0.860. The quantitative estimate of drug-likeness (QED) is 0.140. The lowest BCUT2D eigenvalue weighted by atomic mass is 9.93. The Morgan fingerprint density at radius 1 is 0.875 bits per heavy atom. The van der Waals surface area contributed by atoms with E-state index in [0.29, 0.717) is 23.7 Å². The van der Waals surface area contributed by atoms with Gasteiger partial charge in [0.15, 0.2) is 0 Å². The molecule has 0 spiro atoms. The number of hydrogen-bond acceptors (Lipinski definition) is 11. The van der Waals surface area contributed by atoms with Crippen LogP contribution in [0.25, 0.3) is 21.9 Å². The van der Waals surface area contributed by atoms with E-state index in [0.717, 1.165) is 90.1 Å². The van der Waals surface area contributed by atoms with Crippen LogP contribution in [0, 0.1) is 0 Å². The second kappa shape index (κ2) is 16.6. The van der Waals surface area contributed by atoms with Crippen LogP contribution in [0.2, 0.25) is 0 Å². The molecule has 0 bridgehead atoms. The molecule has 2 aromatic heterocycles. The Kier molecular flexibility index (Phi) is 11.5. The number of carbonyl (C=O) groups excluding carboxylic acids is 4. The number of piperidine rings is 1. The summed E-state index contributed by atoms with van der Waals surface area (Å²) in [7, 11) is 7.16. The molecule has 4 heterocycles. The van der Waals surface area contributed by atoms with Crippen molar-refractivity contribution in [3.63, 3.8) is 0 Å². The molecule has 7 rings (SSSR count). The third-order valence-corrected chi connectivity index (χ3v) is 11.1. The van der Waals surface area contributed by atoms with Crippen LogP contribution >= 0.6 is 0 Å². The zero-order chi connectivity index (χ0) is 39.5. The normalized spacial score (nSPS) is 19.7. The summed E-state index contributed by atoms with van der Waals surface area (Å²) in [5.41, 5.74) is 3.11. The average Bonchev–Trinajstić information content (AvgIpc) is 3.44. The van der Waals surface area contributed by atoms with Crippen molar-refractivity contribution in [1.29, 1.82) is 0 Å². The molecular weight excluding hydrogens is 716 g/mol. The molecule has 1 aliphatic carbocycles. The van der Waals surface area contributed by atoms with Crippen molar-refractivity contribution in [2.45, 2.75) is 76.1 Å². The topological polar surface area (TPSA) is 161 Å². The molecule has 0 radical (unpaired) electrons. The number of aryl methyl sites for hydroxylation is 1. The number of amides is 4. The van der Waals surface area contributed by atoms with Crippen LogP contribution in [0.5, 0.6) is 17.2 Å². The van der Waals surface area contributed by atoms with E-state index in [1.165, 1.54) is 0 Å². The van der Waals surface area contributed by atoms with Crippen LogP contribution in [0.3, 0.4) is 0 Å². The second-order valence-electron chi connectivity index (χ2n) is 14.9. The molecule has 2 N–H and O–H groups in total. The molecule has 14 heteroatoms. The highest BCUT2D eigenvalue weighted by Gasteiger charge is 2.44. The van der Waals surface area contributed by atoms with Gasteiger partial charge in [-0.25, -0.2) is 0 Å². The summed E-state index contributed by atoms with van der Waals surface area (Å²) in [5.74, 6) is -0.124. The van der Waals surface area contributed by atoms with E-state index in [1.54, 1.807) is 56.4 Å². The largest absolute Gasteiger partial charge is 0.496 e. The zero-order valence-electron chi connectivity index (χ0n) is 32.3. The molecule has 4 aromatic rings. The third kappa shape index (κ3) is 7.89. The number of fused-ring (bicyclic) bond motifs is 2. The van der Waals surface area contributed by atoms with Gasteiger partial charge in [-0.15, -0.1) is 0 Å². The summed E-state index contributed by atoms with van der Waals surface area (Å²) in [6.07, 6.45) is 11.0. The van der Waals surface area contributed by atoms with Gasteiger partial charge in [0.2, 0.25) is 11.8 Å². The third-order valence-electron chi connectivity index (χ3n) is 11.1. The molecule has 1 unspecified atom stereocenters. The summed E-state index contributed by atoms with van der Waals surface area (Å²) in [6.45, 7) is 2.46. The molecule has 2 aliphatic heterocycles. The zero-order valence-corrected chi connectivity index (χ0v) is 32.3. The Morgan fingerprint density at radius 3 is 2.32 bits per heavy atom. The first-order valence-electron chi connectivity index (χ1n) is 19.2. The fourth-order valence-corrected chi connectivity index (χ4v) is 8.10. The van der Waals surface area contributed by atoms with Crippen LogP contribution in [0.4, 0.5) is 0 Å². The number of rotatable bonds is 14. The fourth-order valence-electron chi connectivity index (χ4n) is 8.10. The highest BCUT2D eigenvalue weighted by Crippen LogP contribution is 2.38. The second-order valence-corrected chi connectivity index (χ2v) is 14.9. The van der Waals surface area contributed by atoms with Gasteiger partial charge in [-0.1, -0.05) is 0 Å². The van der Waals surface area contributed by atoms with Crippen molar-refractivity contribution >= 4 is 34.4 Å². The summed E-state index contributed by atoms with van der Waals surface area (Å²) < 4.78 is 19.6. The van der Waals surface area contributed by atoms with E-state index in [9.17, 15) is 24.0 Å². The Bertz CT molecular complexity index is 2200. The minimum Gasteiger partial charge on any atom is -0.496 e. The van der Waals surface area contributed by atoms with Crippen LogP contribution in [-0.4, -0.2) is 95.5 Å². The molecule has 4 amide bonds. The fraction of sp³-hybridized carbons (Fsp3) is 0.429. The summed E-state index contributed by atoms with van der Waals surface area (Å²) in [5, 5.41) is 7.31. The highest BCUT2D eigenvalue weighted by molar-refractivity contribution is 6.23. The molecular formula is C42H48N6O8. The van der Waals surface area contributed by atoms with Crippen molar-refractivity contribution in [3.05, 3.63) is 82.0 Å². The number of methoxy groups -OCH3 is 2. The van der Waals surface area contributed by atoms with E-state index in [-0.39, 0.29) is 35.6 Å². The van der Waals surface area contributed by atoms with Crippen molar-refractivity contribution in [2.24, 2.45) is 7.05 Å². The SMILES string of the molecule is COc1cc(-c2cn(C)c(=O)c3cnccc23)cc(OC)c1CN(C)CCCCNC1CCC(Oc2ccc3c(c2)C(=O)N(C2CCC(=O)NC2=O)C3=O)CC1. The molecule has 294 valence electrons. The minimum absolute atomic E-state index is 0.000663. The number of carbonyl (C=O) groups is 4. The van der Waals surface area contributed by atoms with Crippen LogP contribution in [-0.2, 0) is 23.2 Å². The van der Waals surface area contributed by atoms with Gasteiger partial charge in [0.05, 0.1) is 42.4 Å². The van der Waals surface area contributed by atoms with E-state index >= 15 is 0 Å². The molecule has 1 atom stereocenters. The van der Waals surface area contributed by atoms with Crippen LogP contribution in [0.15, 0.2) is 59.8 Å². The Morgan fingerprint density at radius 2 is 1.61 bits per heavy atom. The first-order valence-corrected chi connectivity index (χ1v) is 19.2. The van der Waals surface area contributed by atoms with E-state index in [1.807, 2.05) is 24.4 Å². The Labute approximate surface area is 325 Å². The van der Waals surface area contributed by atoms with Gasteiger partial charge in [0, 0.05) is 50.2 Å². The summed E-state index contributed by atoms with van der Waals surface area (Å²) in [6, 6.07) is 10.2. The van der Waals surface area contributed by atoms with Crippen molar-refractivity contribution < 1.29 is 33.4 Å². The lowest BCUT2D eigenvalue weighted by Crippen LogP contribution is -2.54. The molecule has 2 aromatic carbocycles. The van der Waals surface area contributed by atoms with Gasteiger partial charge in [-0.3, -0.25) is 39.2 Å². The number of unbranched alkanes of at least 4 members (excludes halogenated alkanes) is 1. The lowest BCUT2D eigenvalue weighted by Gasteiger charge is -2.30. The van der Waals surface area contributed by atoms with E-state index < -0.39 is 29.7 Å². The monoisotopic (exact) mass is 764 g/mol. The van der Waals surface area contributed by atoms with Crippen molar-refractivity contribution in [1.82, 2.24) is 30.0 Å². The van der Waals surface area contributed by atoms with Crippen LogP contribution in [0.1, 0.15) is 77.6 Å². The van der Waals surface area contributed by atoms with Crippen LogP contribution < -0.4 is 30.4 Å². The Hall–Kier alpha value is -5.60. The standard InChI is InChI=1S/C42H48N6O8/c1-46(23-34-36(54-3)19-25(20-37(34)55-4)33-24-47(2)40(51)32-22-43-17-15-29(32)33)18-6-5-16-44-26-7-9-27(10-8-26)56-28-11-12-30-31(21-28)42(53)48(41(30)52)35-13-14-38(49)45-39(35)50/h11-12,15,17,19-22,24,26-27,35,44H,5-10,13-14,16,18,23H2,1-4H3,(H,45,49,50). The highest BCUT2D eigenvalue weighted by atomic mass is 16.5. The number of imide groups is 2. The molecule has 1 saturated carbocycles. The summed E-state index contributed by atoms with van der Waals surface area (Å²) >= 11 is 0. The minimum atomic E-state index is -0.994.